The normalized spacial score (nSPS) is 12.7. The van der Waals surface area contributed by atoms with Crippen molar-refractivity contribution < 1.29 is 9.53 Å². The molecular weight excluding hydrogens is 475 g/mol. The van der Waals surface area contributed by atoms with Gasteiger partial charge in [-0.25, -0.2) is 0 Å². The van der Waals surface area contributed by atoms with E-state index in [2.05, 4.69) is 33.9 Å². The number of nitrogens with one attached hydrogen (secondary N) is 2. The highest BCUT2D eigenvalue weighted by atomic mass is 35.5. The topological polar surface area (TPSA) is 75.6 Å². The summed E-state index contributed by atoms with van der Waals surface area (Å²) in [5, 5.41) is 7.27. The second kappa shape index (κ2) is 14.7. The molecule has 2 heterocycles. The van der Waals surface area contributed by atoms with Crippen LogP contribution in [0.5, 0.6) is 5.75 Å². The molecule has 0 saturated carbocycles. The summed E-state index contributed by atoms with van der Waals surface area (Å²) >= 11 is 0. The zero-order valence-corrected chi connectivity index (χ0v) is 21.7. The van der Waals surface area contributed by atoms with Crippen LogP contribution in [-0.2, 0) is 11.8 Å². The first-order valence-electron chi connectivity index (χ1n) is 11.3. The predicted molar refractivity (Wildman–Crippen MR) is 143 cm³/mol. The number of hydrogen-bond donors (Lipinski definition) is 2. The van der Waals surface area contributed by atoms with Crippen LogP contribution in [0.2, 0.25) is 0 Å². The van der Waals surface area contributed by atoms with Crippen molar-refractivity contribution in [3.05, 3.63) is 64.6 Å². The van der Waals surface area contributed by atoms with Crippen LogP contribution >= 0.6 is 24.8 Å². The van der Waals surface area contributed by atoms with E-state index in [1.807, 2.05) is 38.1 Å². The van der Waals surface area contributed by atoms with Gasteiger partial charge in [-0.1, -0.05) is 19.9 Å². The van der Waals surface area contributed by atoms with Gasteiger partial charge in [0.2, 0.25) is 5.91 Å². The molecule has 0 spiro atoms. The second-order valence-corrected chi connectivity index (χ2v) is 8.37. The van der Waals surface area contributed by atoms with Crippen molar-refractivity contribution in [2.45, 2.75) is 20.3 Å². The summed E-state index contributed by atoms with van der Waals surface area (Å²) < 4.78 is 7.55. The van der Waals surface area contributed by atoms with E-state index < -0.39 is 0 Å². The zero-order valence-electron chi connectivity index (χ0n) is 20.1. The van der Waals surface area contributed by atoms with Crippen molar-refractivity contribution in [1.29, 1.82) is 0 Å². The SMILES string of the molecule is CC(C)C(=O)NCCNCC1=CCN(CCCOc2ccc3c(ccc(=O)n3C)c2)C=C1.Cl.Cl. The molecule has 2 N–H and O–H groups in total. The Kier molecular flexibility index (Phi) is 12.8. The summed E-state index contributed by atoms with van der Waals surface area (Å²) in [7, 11) is 1.78. The number of amides is 1. The highest BCUT2D eigenvalue weighted by molar-refractivity contribution is 5.85. The molecule has 188 valence electrons. The molecule has 0 unspecified atom stereocenters. The van der Waals surface area contributed by atoms with E-state index in [-0.39, 0.29) is 42.2 Å². The fraction of sp³-hybridized carbons (Fsp3) is 0.440. The molecule has 1 aromatic carbocycles. The average Bonchev–Trinajstić information content (AvgIpc) is 2.79. The van der Waals surface area contributed by atoms with E-state index in [0.29, 0.717) is 13.2 Å². The third-order valence-electron chi connectivity index (χ3n) is 5.50. The van der Waals surface area contributed by atoms with Crippen molar-refractivity contribution >= 4 is 41.6 Å². The maximum Gasteiger partial charge on any atom is 0.250 e. The number of benzene rings is 1. The van der Waals surface area contributed by atoms with Crippen LogP contribution in [-0.4, -0.2) is 54.7 Å². The number of carbonyl (C=O) groups excluding carboxylic acids is 1. The Labute approximate surface area is 214 Å². The van der Waals surface area contributed by atoms with E-state index in [1.54, 1.807) is 17.7 Å². The first kappa shape index (κ1) is 29.6. The summed E-state index contributed by atoms with van der Waals surface area (Å²) in [6, 6.07) is 9.24. The van der Waals surface area contributed by atoms with Gasteiger partial charge >= 0.3 is 0 Å². The van der Waals surface area contributed by atoms with E-state index in [4.69, 9.17) is 4.74 Å². The third kappa shape index (κ3) is 8.70. The Bertz CT molecular complexity index is 1050. The summed E-state index contributed by atoms with van der Waals surface area (Å²) in [4.78, 5) is 25.5. The third-order valence-corrected chi connectivity index (χ3v) is 5.50. The number of ether oxygens (including phenoxy) is 1. The number of nitrogens with zero attached hydrogens (tertiary/aromatic N) is 2. The molecule has 1 aromatic heterocycles. The molecule has 0 aliphatic carbocycles. The molecule has 7 nitrogen and oxygen atoms in total. The summed E-state index contributed by atoms with van der Waals surface area (Å²) in [5.41, 5.74) is 2.16. The van der Waals surface area contributed by atoms with E-state index >= 15 is 0 Å². The molecule has 0 bridgehead atoms. The number of carbonyl (C=O) groups is 1. The van der Waals surface area contributed by atoms with Crippen LogP contribution in [0.3, 0.4) is 0 Å². The lowest BCUT2D eigenvalue weighted by Crippen LogP contribution is -2.35. The first-order valence-corrected chi connectivity index (χ1v) is 11.3. The molecular formula is C25H36Cl2N4O3. The van der Waals surface area contributed by atoms with E-state index in [0.717, 1.165) is 49.3 Å². The van der Waals surface area contributed by atoms with Gasteiger partial charge in [0.25, 0.3) is 5.56 Å². The van der Waals surface area contributed by atoms with Crippen LogP contribution in [0.1, 0.15) is 20.3 Å². The Balaban J connectivity index is 0.00000289. The van der Waals surface area contributed by atoms with Gasteiger partial charge in [0, 0.05) is 57.1 Å². The molecule has 3 rings (SSSR count). The van der Waals surface area contributed by atoms with Gasteiger partial charge in [0.15, 0.2) is 0 Å². The van der Waals surface area contributed by atoms with E-state index in [1.165, 1.54) is 5.57 Å². The molecule has 2 aromatic rings. The molecule has 34 heavy (non-hydrogen) atoms. The average molecular weight is 511 g/mol. The first-order chi connectivity index (χ1) is 15.4. The van der Waals surface area contributed by atoms with Gasteiger partial charge in [-0.2, -0.15) is 0 Å². The maximum atomic E-state index is 11.7. The number of pyridine rings is 1. The summed E-state index contributed by atoms with van der Waals surface area (Å²) in [5.74, 6) is 0.943. The minimum absolute atomic E-state index is 0. The van der Waals surface area contributed by atoms with Crippen LogP contribution in [0.25, 0.3) is 10.9 Å². The van der Waals surface area contributed by atoms with Crippen LogP contribution in [0.4, 0.5) is 0 Å². The predicted octanol–water partition coefficient (Wildman–Crippen LogP) is 3.27. The number of aromatic nitrogens is 1. The summed E-state index contributed by atoms with van der Waals surface area (Å²) in [6.07, 6.45) is 7.42. The van der Waals surface area contributed by atoms with Gasteiger partial charge in [-0.3, -0.25) is 9.59 Å². The number of rotatable bonds is 11. The Morgan fingerprint density at radius 1 is 1.15 bits per heavy atom. The number of fused-ring (bicyclic) bond motifs is 1. The molecule has 0 atom stereocenters. The fourth-order valence-electron chi connectivity index (χ4n) is 3.48. The standard InChI is InChI=1S/C25H34N4O3.2ClH/c1-19(2)25(31)27-12-11-26-18-20-9-14-29(15-10-20)13-4-16-32-22-6-7-23-21(17-22)5-8-24(30)28(23)3;;/h5-10,14,17,19,26H,4,11-13,15-16,18H2,1-3H3,(H,27,31);2*1H. The molecule has 1 aliphatic heterocycles. The van der Waals surface area contributed by atoms with Crippen LogP contribution in [0, 0.1) is 5.92 Å². The monoisotopic (exact) mass is 510 g/mol. The number of halogens is 2. The minimum Gasteiger partial charge on any atom is -0.494 e. The van der Waals surface area contributed by atoms with Gasteiger partial charge in [-0.15, -0.1) is 24.8 Å². The van der Waals surface area contributed by atoms with Crippen molar-refractivity contribution in [3.63, 3.8) is 0 Å². The van der Waals surface area contributed by atoms with Gasteiger partial charge in [-0.05, 0) is 48.5 Å². The minimum atomic E-state index is -0.0103. The number of hydrogen-bond acceptors (Lipinski definition) is 5. The van der Waals surface area contributed by atoms with Crippen LogP contribution < -0.4 is 20.9 Å². The van der Waals surface area contributed by atoms with Gasteiger partial charge in [0.05, 0.1) is 12.1 Å². The quantitative estimate of drug-likeness (QED) is 0.453. The van der Waals surface area contributed by atoms with Crippen LogP contribution in [0.15, 0.2) is 59.1 Å². The largest absolute Gasteiger partial charge is 0.494 e. The molecule has 0 saturated heterocycles. The van der Waals surface area contributed by atoms with Gasteiger partial charge in [0.1, 0.15) is 5.75 Å². The maximum absolute atomic E-state index is 11.7. The summed E-state index contributed by atoms with van der Waals surface area (Å²) in [6.45, 7) is 8.46. The highest BCUT2D eigenvalue weighted by Gasteiger charge is 2.07. The Hall–Kier alpha value is -2.48. The second-order valence-electron chi connectivity index (χ2n) is 8.37. The van der Waals surface area contributed by atoms with Crippen molar-refractivity contribution in [2.24, 2.45) is 13.0 Å². The fourth-order valence-corrected chi connectivity index (χ4v) is 3.48. The lowest BCUT2D eigenvalue weighted by atomic mass is 10.2. The molecule has 1 aliphatic rings. The van der Waals surface area contributed by atoms with Crippen molar-refractivity contribution in [1.82, 2.24) is 20.1 Å². The van der Waals surface area contributed by atoms with Gasteiger partial charge < -0.3 is 24.8 Å². The lowest BCUT2D eigenvalue weighted by Gasteiger charge is -2.23. The van der Waals surface area contributed by atoms with Crippen molar-refractivity contribution in [3.8, 4) is 5.75 Å². The molecule has 0 radical (unpaired) electrons. The zero-order chi connectivity index (χ0) is 22.9. The highest BCUT2D eigenvalue weighted by Crippen LogP contribution is 2.19. The smallest absolute Gasteiger partial charge is 0.250 e. The Morgan fingerprint density at radius 2 is 1.94 bits per heavy atom. The Morgan fingerprint density at radius 3 is 2.65 bits per heavy atom. The molecule has 1 amide bonds. The molecule has 9 heteroatoms. The van der Waals surface area contributed by atoms with E-state index in [9.17, 15) is 9.59 Å². The lowest BCUT2D eigenvalue weighted by molar-refractivity contribution is -0.123. The molecule has 0 fully saturated rings. The number of aryl methyl sites for hydroxylation is 1. The van der Waals surface area contributed by atoms with Crippen molar-refractivity contribution in [2.75, 3.05) is 39.3 Å².